The van der Waals surface area contributed by atoms with Crippen LogP contribution >= 0.6 is 46.4 Å². The van der Waals surface area contributed by atoms with Crippen LogP contribution in [-0.4, -0.2) is 29.4 Å². The summed E-state index contributed by atoms with van der Waals surface area (Å²) >= 11 is 25.3. The minimum Gasteiger partial charge on any atom is -0.394 e. The van der Waals surface area contributed by atoms with Gasteiger partial charge in [0.05, 0.1) is 34.8 Å². The maximum atomic E-state index is 13.4. The molecule has 4 aromatic carbocycles. The molecule has 1 amide bonds. The molecule has 4 aromatic rings. The van der Waals surface area contributed by atoms with Gasteiger partial charge in [-0.05, 0) is 83.3 Å². The highest BCUT2D eigenvalue weighted by atomic mass is 35.5. The lowest BCUT2D eigenvalue weighted by atomic mass is 9.73. The Balaban J connectivity index is 0.000000180. The quantitative estimate of drug-likeness (QED) is 0.133. The zero-order valence-electron chi connectivity index (χ0n) is 35.5. The van der Waals surface area contributed by atoms with E-state index in [1.807, 2.05) is 60.7 Å². The summed E-state index contributed by atoms with van der Waals surface area (Å²) in [6, 6.07) is 25.3. The summed E-state index contributed by atoms with van der Waals surface area (Å²) in [6.45, 7) is 12.3. The third-order valence-electron chi connectivity index (χ3n) is 10.8. The number of esters is 2. The molecule has 8 rings (SSSR count). The fourth-order valence-electron chi connectivity index (χ4n) is 8.41. The van der Waals surface area contributed by atoms with E-state index >= 15 is 0 Å². The SMILES string of the molecule is CC(=O)N1c2ccccc2NC2=C(C(=O)CC(C)(C)C2)C1c1ccc(Cl)cc1Cl.CC(=O)OC(C)=O.CC1(C)CC(=O)C2=C(C1)Nc1ccccc1NC2c1ccc(Cl)cc1Cl. The van der Waals surface area contributed by atoms with Crippen molar-refractivity contribution in [3.63, 3.8) is 0 Å². The van der Waals surface area contributed by atoms with E-state index in [1.165, 1.54) is 20.8 Å². The summed E-state index contributed by atoms with van der Waals surface area (Å²) in [7, 11) is 0. The number of para-hydroxylation sites is 4. The molecule has 2 atom stereocenters. The van der Waals surface area contributed by atoms with E-state index in [4.69, 9.17) is 46.4 Å². The fraction of sp³-hybridized carbons (Fsp3) is 0.312. The van der Waals surface area contributed by atoms with Crippen molar-refractivity contribution in [1.82, 2.24) is 0 Å². The third kappa shape index (κ3) is 10.5. The molecular weight excluding hydrogens is 870 g/mol. The van der Waals surface area contributed by atoms with Gasteiger partial charge in [0.15, 0.2) is 11.6 Å². The molecule has 4 aliphatic rings. The maximum absolute atomic E-state index is 13.4. The molecule has 0 saturated carbocycles. The van der Waals surface area contributed by atoms with Crippen LogP contribution in [0.3, 0.4) is 0 Å². The number of rotatable bonds is 2. The smallest absolute Gasteiger partial charge is 0.310 e. The van der Waals surface area contributed by atoms with Crippen molar-refractivity contribution < 1.29 is 28.7 Å². The molecule has 14 heteroatoms. The second kappa shape index (κ2) is 18.7. The Labute approximate surface area is 382 Å². The number of carbonyl (C=O) groups excluding carboxylic acids is 5. The summed E-state index contributed by atoms with van der Waals surface area (Å²) in [5, 5.41) is 12.6. The molecule has 2 aliphatic carbocycles. The number of hydrogen-bond acceptors (Lipinski definition) is 9. The number of halogens is 4. The topological polar surface area (TPSA) is 134 Å². The average Bonchev–Trinajstić information content (AvgIpc) is 3.39. The van der Waals surface area contributed by atoms with E-state index in [1.54, 1.807) is 29.2 Å². The third-order valence-corrected chi connectivity index (χ3v) is 11.9. The largest absolute Gasteiger partial charge is 0.394 e. The van der Waals surface area contributed by atoms with E-state index in [0.29, 0.717) is 50.5 Å². The van der Waals surface area contributed by atoms with Gasteiger partial charge < -0.3 is 20.7 Å². The van der Waals surface area contributed by atoms with Crippen LogP contribution < -0.4 is 20.9 Å². The first-order chi connectivity index (χ1) is 29.1. The van der Waals surface area contributed by atoms with E-state index in [2.05, 4.69) is 48.4 Å². The van der Waals surface area contributed by atoms with E-state index in [9.17, 15) is 24.0 Å². The fourth-order valence-corrected chi connectivity index (χ4v) is 9.44. The van der Waals surface area contributed by atoms with Crippen molar-refractivity contribution in [3.8, 4) is 0 Å². The van der Waals surface area contributed by atoms with Gasteiger partial charge in [-0.2, -0.15) is 0 Å². The number of amides is 1. The number of allylic oxidation sites excluding steroid dienone is 2. The van der Waals surface area contributed by atoms with Crippen molar-refractivity contribution in [3.05, 3.63) is 139 Å². The number of nitrogens with zero attached hydrogens (tertiary/aromatic N) is 1. The number of hydrogen-bond donors (Lipinski definition) is 3. The Morgan fingerprint density at radius 3 is 1.60 bits per heavy atom. The second-order valence-corrected chi connectivity index (χ2v) is 19.0. The summed E-state index contributed by atoms with van der Waals surface area (Å²) in [5.74, 6) is -1.11. The molecule has 3 N–H and O–H groups in total. The van der Waals surface area contributed by atoms with E-state index < -0.39 is 18.0 Å². The first-order valence-corrected chi connectivity index (χ1v) is 21.6. The van der Waals surface area contributed by atoms with Crippen LogP contribution in [-0.2, 0) is 28.7 Å². The van der Waals surface area contributed by atoms with Gasteiger partial charge in [0.1, 0.15) is 0 Å². The van der Waals surface area contributed by atoms with Crippen LogP contribution in [0.25, 0.3) is 0 Å². The molecule has 2 unspecified atom stereocenters. The van der Waals surface area contributed by atoms with Crippen LogP contribution in [0, 0.1) is 10.8 Å². The number of nitrogens with one attached hydrogen (secondary N) is 3. The molecule has 62 heavy (non-hydrogen) atoms. The van der Waals surface area contributed by atoms with Crippen molar-refractivity contribution in [2.75, 3.05) is 20.9 Å². The highest BCUT2D eigenvalue weighted by molar-refractivity contribution is 6.36. The number of ether oxygens (including phenoxy) is 1. The van der Waals surface area contributed by atoms with Crippen LogP contribution in [0.4, 0.5) is 22.7 Å². The summed E-state index contributed by atoms with van der Waals surface area (Å²) in [5.41, 5.74) is 7.92. The highest BCUT2D eigenvalue weighted by Crippen LogP contribution is 2.50. The zero-order valence-corrected chi connectivity index (χ0v) is 38.5. The van der Waals surface area contributed by atoms with Gasteiger partial charge >= 0.3 is 11.9 Å². The summed E-state index contributed by atoms with van der Waals surface area (Å²) < 4.78 is 3.97. The normalized spacial score (nSPS) is 19.4. The van der Waals surface area contributed by atoms with Crippen molar-refractivity contribution in [2.24, 2.45) is 10.8 Å². The monoisotopic (exact) mass is 916 g/mol. The van der Waals surface area contributed by atoms with Gasteiger partial charge in [0.2, 0.25) is 5.91 Å². The van der Waals surface area contributed by atoms with Gasteiger partial charge in [-0.1, -0.05) is 110 Å². The van der Waals surface area contributed by atoms with Gasteiger partial charge in [-0.25, -0.2) is 0 Å². The number of benzene rings is 4. The Morgan fingerprint density at radius 2 is 1.08 bits per heavy atom. The lowest BCUT2D eigenvalue weighted by Crippen LogP contribution is -2.38. The van der Waals surface area contributed by atoms with E-state index in [-0.39, 0.29) is 34.3 Å². The summed E-state index contributed by atoms with van der Waals surface area (Å²) in [6.07, 6.45) is 2.45. The molecule has 324 valence electrons. The molecule has 0 bridgehead atoms. The minimum atomic E-state index is -0.619. The van der Waals surface area contributed by atoms with Gasteiger partial charge in [0.25, 0.3) is 0 Å². The second-order valence-electron chi connectivity index (χ2n) is 17.3. The van der Waals surface area contributed by atoms with Crippen LogP contribution in [0.2, 0.25) is 20.1 Å². The zero-order chi connectivity index (χ0) is 45.3. The molecule has 2 heterocycles. The van der Waals surface area contributed by atoms with Crippen molar-refractivity contribution in [2.45, 2.75) is 86.2 Å². The number of fused-ring (bicyclic) bond motifs is 2. The first-order valence-electron chi connectivity index (χ1n) is 20.0. The lowest BCUT2D eigenvalue weighted by molar-refractivity contribution is -0.156. The Kier molecular flexibility index (Phi) is 14.0. The Bertz CT molecular complexity index is 2540. The van der Waals surface area contributed by atoms with Gasteiger partial charge in [-0.15, -0.1) is 0 Å². The van der Waals surface area contributed by atoms with Crippen LogP contribution in [0.15, 0.2) is 107 Å². The minimum absolute atomic E-state index is 0.0267. The van der Waals surface area contributed by atoms with Crippen LogP contribution in [0.5, 0.6) is 0 Å². The first kappa shape index (κ1) is 46.4. The number of ketones is 2. The average molecular weight is 919 g/mol. The molecule has 0 aromatic heterocycles. The lowest BCUT2D eigenvalue weighted by Gasteiger charge is -2.37. The summed E-state index contributed by atoms with van der Waals surface area (Å²) in [4.78, 5) is 60.6. The van der Waals surface area contributed by atoms with Crippen molar-refractivity contribution >= 4 is 98.6 Å². The van der Waals surface area contributed by atoms with Gasteiger partial charge in [-0.3, -0.25) is 28.9 Å². The number of Topliss-reactive ketones (excluding diaryl/α,β-unsaturated/α-hetero) is 2. The molecule has 10 nitrogen and oxygen atoms in total. The number of carbonyl (C=O) groups is 5. The van der Waals surface area contributed by atoms with Crippen LogP contribution in [0.1, 0.15) is 97.4 Å². The highest BCUT2D eigenvalue weighted by Gasteiger charge is 2.43. The molecule has 0 spiro atoms. The Morgan fingerprint density at radius 1 is 0.613 bits per heavy atom. The maximum Gasteiger partial charge on any atom is 0.310 e. The molecule has 0 fully saturated rings. The molecule has 2 aliphatic heterocycles. The van der Waals surface area contributed by atoms with Gasteiger partial charge in [0, 0.05) is 76.2 Å². The van der Waals surface area contributed by atoms with Crippen molar-refractivity contribution in [1.29, 1.82) is 0 Å². The van der Waals surface area contributed by atoms with E-state index in [0.717, 1.165) is 51.7 Å². The predicted molar refractivity (Wildman–Crippen MR) is 248 cm³/mol. The molecule has 0 radical (unpaired) electrons. The number of anilines is 4. The Hall–Kier alpha value is -5.13. The molecule has 0 saturated heterocycles. The predicted octanol–water partition coefficient (Wildman–Crippen LogP) is 12.5. The molecular formula is C48H48Cl4N4O6. The standard InChI is InChI=1S/C23H22Cl2N2O2.C21H20Cl2N2O.C4H6O3/c1-13(28)27-19-7-5-4-6-17(19)26-18-11-23(2,3)12-20(29)21(18)22(27)15-9-8-14(24)10-16(15)25;1-21(2)10-17-19(18(26)11-21)20(13-8-7-12(22)9-14(13)23)25-16-6-4-3-5-15(16)24-17;1-3(5)7-4(2)6/h4-10,22,26H,11-12H2,1-3H3;3-9,20,24-25H,10-11H2,1-2H3;1-2H3.